The van der Waals surface area contributed by atoms with Crippen molar-refractivity contribution in [3.8, 4) is 0 Å². The molecule has 0 aliphatic heterocycles. The van der Waals surface area contributed by atoms with E-state index in [0.717, 1.165) is 19.3 Å². The van der Waals surface area contributed by atoms with Gasteiger partial charge in [0.05, 0.1) is 13.2 Å². The van der Waals surface area contributed by atoms with Gasteiger partial charge in [-0.05, 0) is 19.8 Å². The van der Waals surface area contributed by atoms with Crippen LogP contribution in [0.1, 0.15) is 40.0 Å². The maximum absolute atomic E-state index is 11.3. The first kappa shape index (κ1) is 14.7. The molecule has 0 heterocycles. The molecule has 0 spiro atoms. The molecule has 0 fully saturated rings. The van der Waals surface area contributed by atoms with Gasteiger partial charge in [-0.15, -0.1) is 0 Å². The molecular weight excluding hydrogens is 210 g/mol. The molecule has 5 nitrogen and oxygen atoms in total. The third-order valence-electron chi connectivity index (χ3n) is 1.87. The van der Waals surface area contributed by atoms with Gasteiger partial charge in [0.1, 0.15) is 6.04 Å². The van der Waals surface area contributed by atoms with E-state index >= 15 is 0 Å². The predicted molar refractivity (Wildman–Crippen MR) is 60.1 cm³/mol. The topological polar surface area (TPSA) is 64.6 Å². The Morgan fingerprint density at radius 2 is 1.81 bits per heavy atom. The Kier molecular flexibility index (Phi) is 8.29. The maximum Gasteiger partial charge on any atom is 0.407 e. The zero-order valence-corrected chi connectivity index (χ0v) is 10.2. The summed E-state index contributed by atoms with van der Waals surface area (Å²) in [6.07, 6.45) is 1.97. The van der Waals surface area contributed by atoms with E-state index in [1.54, 1.807) is 6.92 Å². The van der Waals surface area contributed by atoms with E-state index in [9.17, 15) is 9.59 Å². The first-order chi connectivity index (χ1) is 7.61. The lowest BCUT2D eigenvalue weighted by Crippen LogP contribution is -2.40. The summed E-state index contributed by atoms with van der Waals surface area (Å²) in [5.74, 6) is -0.436. The summed E-state index contributed by atoms with van der Waals surface area (Å²) in [6.45, 7) is 6.23. The number of carbonyl (C=O) groups is 2. The number of alkyl carbamates (subject to hydrolysis) is 1. The van der Waals surface area contributed by atoms with Crippen LogP contribution in [0.2, 0.25) is 0 Å². The summed E-state index contributed by atoms with van der Waals surface area (Å²) in [5, 5.41) is 2.41. The van der Waals surface area contributed by atoms with Crippen LogP contribution in [0.25, 0.3) is 0 Å². The van der Waals surface area contributed by atoms with Gasteiger partial charge in [0.15, 0.2) is 0 Å². The monoisotopic (exact) mass is 231 g/mol. The van der Waals surface area contributed by atoms with Crippen molar-refractivity contribution in [3.05, 3.63) is 0 Å². The van der Waals surface area contributed by atoms with Crippen molar-refractivity contribution in [2.75, 3.05) is 13.2 Å². The van der Waals surface area contributed by atoms with Crippen molar-refractivity contribution >= 4 is 12.1 Å². The number of carbonyl (C=O) groups excluding carboxylic acids is 2. The number of unbranched alkanes of at least 4 members (excludes halogenated alkanes) is 1. The molecule has 0 saturated heterocycles. The quantitative estimate of drug-likeness (QED) is 0.536. The SMILES string of the molecule is CCCCOC(=O)NC(C)C(=O)OCCC. The first-order valence-electron chi connectivity index (χ1n) is 5.71. The van der Waals surface area contributed by atoms with Crippen LogP contribution in [0.4, 0.5) is 4.79 Å². The minimum atomic E-state index is -0.666. The Balaban J connectivity index is 3.71. The summed E-state index contributed by atoms with van der Waals surface area (Å²) >= 11 is 0. The van der Waals surface area contributed by atoms with Crippen LogP contribution >= 0.6 is 0 Å². The van der Waals surface area contributed by atoms with Crippen molar-refractivity contribution in [1.82, 2.24) is 5.32 Å². The van der Waals surface area contributed by atoms with Crippen molar-refractivity contribution in [2.24, 2.45) is 0 Å². The van der Waals surface area contributed by atoms with Crippen molar-refractivity contribution in [2.45, 2.75) is 46.1 Å². The zero-order chi connectivity index (χ0) is 12.4. The average molecular weight is 231 g/mol. The minimum absolute atomic E-state index is 0.371. The van der Waals surface area contributed by atoms with Gasteiger partial charge in [0, 0.05) is 0 Å². The van der Waals surface area contributed by atoms with Gasteiger partial charge in [-0.3, -0.25) is 0 Å². The Bertz CT molecular complexity index is 218. The second-order valence-electron chi connectivity index (χ2n) is 3.52. The summed E-state index contributed by atoms with van der Waals surface area (Å²) in [5.41, 5.74) is 0. The van der Waals surface area contributed by atoms with Crippen LogP contribution in [0.5, 0.6) is 0 Å². The summed E-state index contributed by atoms with van der Waals surface area (Å²) < 4.78 is 9.72. The molecular formula is C11H21NO4. The van der Waals surface area contributed by atoms with Crippen LogP contribution in [0.15, 0.2) is 0 Å². The number of rotatable bonds is 7. The van der Waals surface area contributed by atoms with Gasteiger partial charge in [-0.2, -0.15) is 0 Å². The predicted octanol–water partition coefficient (Wildman–Crippen LogP) is 1.85. The highest BCUT2D eigenvalue weighted by Crippen LogP contribution is 1.93. The van der Waals surface area contributed by atoms with E-state index in [1.165, 1.54) is 0 Å². The lowest BCUT2D eigenvalue weighted by atomic mass is 10.3. The second-order valence-corrected chi connectivity index (χ2v) is 3.52. The van der Waals surface area contributed by atoms with Gasteiger partial charge in [-0.1, -0.05) is 20.3 Å². The molecule has 1 unspecified atom stereocenters. The number of nitrogens with one attached hydrogen (secondary N) is 1. The highest BCUT2D eigenvalue weighted by atomic mass is 16.6. The van der Waals surface area contributed by atoms with Crippen LogP contribution in [0.3, 0.4) is 0 Å². The number of esters is 1. The molecule has 16 heavy (non-hydrogen) atoms. The molecule has 0 saturated carbocycles. The molecule has 0 aromatic carbocycles. The molecule has 5 heteroatoms. The van der Waals surface area contributed by atoms with Crippen LogP contribution in [0, 0.1) is 0 Å². The van der Waals surface area contributed by atoms with E-state index in [-0.39, 0.29) is 0 Å². The Morgan fingerprint density at radius 1 is 1.12 bits per heavy atom. The van der Waals surface area contributed by atoms with Crippen molar-refractivity contribution < 1.29 is 19.1 Å². The standard InChI is InChI=1S/C11H21NO4/c1-4-6-8-16-11(14)12-9(3)10(13)15-7-5-2/h9H,4-8H2,1-3H3,(H,12,14). The molecule has 0 aliphatic carbocycles. The molecule has 0 aromatic heterocycles. The van der Waals surface area contributed by atoms with Crippen molar-refractivity contribution in [3.63, 3.8) is 0 Å². The number of ether oxygens (including phenoxy) is 2. The molecule has 0 bridgehead atoms. The molecule has 1 N–H and O–H groups in total. The largest absolute Gasteiger partial charge is 0.464 e. The number of hydrogen-bond donors (Lipinski definition) is 1. The molecule has 0 aliphatic rings. The molecule has 0 aromatic rings. The summed E-state index contributed by atoms with van der Waals surface area (Å²) in [4.78, 5) is 22.4. The summed E-state index contributed by atoms with van der Waals surface area (Å²) in [6, 6.07) is -0.666. The van der Waals surface area contributed by atoms with Gasteiger partial charge < -0.3 is 14.8 Å². The third-order valence-corrected chi connectivity index (χ3v) is 1.87. The molecule has 1 atom stereocenters. The van der Waals surface area contributed by atoms with Gasteiger partial charge in [-0.25, -0.2) is 9.59 Å². The lowest BCUT2D eigenvalue weighted by molar-refractivity contribution is -0.145. The fourth-order valence-corrected chi connectivity index (χ4v) is 0.914. The molecule has 0 radical (unpaired) electrons. The fraction of sp³-hybridized carbons (Fsp3) is 0.818. The highest BCUT2D eigenvalue weighted by Gasteiger charge is 2.17. The van der Waals surface area contributed by atoms with E-state index in [4.69, 9.17) is 9.47 Å². The lowest BCUT2D eigenvalue weighted by Gasteiger charge is -2.12. The van der Waals surface area contributed by atoms with Crippen LogP contribution < -0.4 is 5.32 Å². The number of amides is 1. The van der Waals surface area contributed by atoms with Crippen molar-refractivity contribution in [1.29, 1.82) is 0 Å². The minimum Gasteiger partial charge on any atom is -0.464 e. The van der Waals surface area contributed by atoms with E-state index in [1.807, 2.05) is 13.8 Å². The van der Waals surface area contributed by atoms with Crippen LogP contribution in [-0.2, 0) is 14.3 Å². The Hall–Kier alpha value is -1.26. The third kappa shape index (κ3) is 7.09. The molecule has 1 amide bonds. The maximum atomic E-state index is 11.3. The smallest absolute Gasteiger partial charge is 0.407 e. The Labute approximate surface area is 96.5 Å². The molecule has 94 valence electrons. The van der Waals surface area contributed by atoms with Crippen LogP contribution in [-0.4, -0.2) is 31.3 Å². The Morgan fingerprint density at radius 3 is 2.38 bits per heavy atom. The van der Waals surface area contributed by atoms with E-state index in [0.29, 0.717) is 13.2 Å². The normalized spacial score (nSPS) is 11.7. The van der Waals surface area contributed by atoms with Gasteiger partial charge >= 0.3 is 12.1 Å². The molecule has 0 rings (SSSR count). The average Bonchev–Trinajstić information content (AvgIpc) is 2.26. The zero-order valence-electron chi connectivity index (χ0n) is 10.2. The fourth-order valence-electron chi connectivity index (χ4n) is 0.914. The summed E-state index contributed by atoms with van der Waals surface area (Å²) in [7, 11) is 0. The highest BCUT2D eigenvalue weighted by molar-refractivity contribution is 5.80. The second kappa shape index (κ2) is 9.00. The van der Waals surface area contributed by atoms with Gasteiger partial charge in [0.25, 0.3) is 0 Å². The first-order valence-corrected chi connectivity index (χ1v) is 5.71. The van der Waals surface area contributed by atoms with Gasteiger partial charge in [0.2, 0.25) is 0 Å². The van der Waals surface area contributed by atoms with E-state index < -0.39 is 18.1 Å². The van der Waals surface area contributed by atoms with E-state index in [2.05, 4.69) is 5.32 Å². The number of hydrogen-bond acceptors (Lipinski definition) is 4.